The third-order valence-corrected chi connectivity index (χ3v) is 14.1. The number of pyridine rings is 1. The summed E-state index contributed by atoms with van der Waals surface area (Å²) in [5, 5.41) is 5.82. The van der Waals surface area contributed by atoms with Gasteiger partial charge in [-0.05, 0) is 57.0 Å². The number of benzene rings is 8. The van der Waals surface area contributed by atoms with E-state index in [0.717, 1.165) is 48.8 Å². The fourth-order valence-electron chi connectivity index (χ4n) is 8.66. The van der Waals surface area contributed by atoms with Gasteiger partial charge in [-0.1, -0.05) is 188 Å². The van der Waals surface area contributed by atoms with Crippen molar-refractivity contribution >= 4 is 44.7 Å². The third kappa shape index (κ3) is 4.73. The molecule has 8 aromatic carbocycles. The highest BCUT2D eigenvalue weighted by atomic mass is 31.2. The summed E-state index contributed by atoms with van der Waals surface area (Å²) in [4.78, 5) is 5.35. The molecule has 9 aromatic rings. The van der Waals surface area contributed by atoms with Gasteiger partial charge in [0.1, 0.15) is 0 Å². The Morgan fingerprint density at radius 1 is 0.396 bits per heavy atom. The van der Waals surface area contributed by atoms with E-state index in [1.807, 2.05) is 72.8 Å². The van der Waals surface area contributed by atoms with Crippen LogP contribution >= 0.6 is 7.14 Å². The molecule has 250 valence electrons. The number of rotatable bonds is 6. The molecule has 0 bridgehead atoms. The predicted molar refractivity (Wildman–Crippen MR) is 221 cm³/mol. The summed E-state index contributed by atoms with van der Waals surface area (Å²) in [5.41, 5.74) is 9.84. The molecular weight excluding hydrogens is 662 g/mol. The second-order valence-electron chi connectivity index (χ2n) is 13.8. The minimum absolute atomic E-state index is 0.495. The lowest BCUT2D eigenvalue weighted by molar-refractivity contribution is 0.592. The third-order valence-electron chi connectivity index (χ3n) is 11.0. The number of fused-ring (bicyclic) bond motifs is 6. The van der Waals surface area contributed by atoms with Crippen LogP contribution in [0.15, 0.2) is 206 Å². The number of aromatic nitrogens is 1. The predicted octanol–water partition coefficient (Wildman–Crippen LogP) is 11.1. The zero-order valence-corrected chi connectivity index (χ0v) is 29.8. The van der Waals surface area contributed by atoms with Crippen LogP contribution in [0.2, 0.25) is 0 Å². The van der Waals surface area contributed by atoms with E-state index in [4.69, 9.17) is 4.98 Å². The van der Waals surface area contributed by atoms with E-state index < -0.39 is 12.6 Å². The number of hydrogen-bond acceptors (Lipinski definition) is 2. The molecule has 1 aliphatic carbocycles. The Kier molecular flexibility index (Phi) is 7.35. The SMILES string of the molecule is O=P(c1ccccc1)(c1ccccc1)c1ccc(-c2nc3ccccc3c3cc4c(cc23)-c2ccccc2C4(c2ccccc2)c2ccccc2)cc1. The molecule has 0 saturated carbocycles. The molecule has 53 heavy (non-hydrogen) atoms. The van der Waals surface area contributed by atoms with Crippen molar-refractivity contribution in [3.8, 4) is 22.4 Å². The summed E-state index contributed by atoms with van der Waals surface area (Å²) < 4.78 is 15.2. The molecule has 0 aliphatic heterocycles. The first kappa shape index (κ1) is 31.4. The zero-order chi connectivity index (χ0) is 35.4. The second-order valence-corrected chi connectivity index (χ2v) is 16.5. The highest BCUT2D eigenvalue weighted by Gasteiger charge is 2.46. The lowest BCUT2D eigenvalue weighted by Gasteiger charge is -2.34. The Bertz CT molecular complexity index is 2750. The van der Waals surface area contributed by atoms with Gasteiger partial charge in [-0.25, -0.2) is 4.98 Å². The fraction of sp³-hybridized carbons (Fsp3) is 0.0200. The van der Waals surface area contributed by atoms with Crippen molar-refractivity contribution < 1.29 is 4.57 Å². The fourth-order valence-corrected chi connectivity index (χ4v) is 11.3. The van der Waals surface area contributed by atoms with Gasteiger partial charge in [0.05, 0.1) is 16.6 Å². The van der Waals surface area contributed by atoms with E-state index in [1.54, 1.807) is 0 Å². The molecule has 10 rings (SSSR count). The van der Waals surface area contributed by atoms with Gasteiger partial charge >= 0.3 is 0 Å². The highest BCUT2D eigenvalue weighted by Crippen LogP contribution is 2.57. The van der Waals surface area contributed by atoms with Crippen LogP contribution in [0.25, 0.3) is 44.1 Å². The van der Waals surface area contributed by atoms with Crippen molar-refractivity contribution in [2.75, 3.05) is 0 Å². The molecule has 0 radical (unpaired) electrons. The Hall–Kier alpha value is -6.34. The minimum atomic E-state index is -3.12. The second kappa shape index (κ2) is 12.4. The Morgan fingerprint density at radius 3 is 1.53 bits per heavy atom. The molecule has 0 amide bonds. The summed E-state index contributed by atoms with van der Waals surface area (Å²) >= 11 is 0. The van der Waals surface area contributed by atoms with Gasteiger partial charge < -0.3 is 4.57 Å². The van der Waals surface area contributed by atoms with Crippen molar-refractivity contribution in [1.82, 2.24) is 4.98 Å². The highest BCUT2D eigenvalue weighted by molar-refractivity contribution is 7.85. The molecule has 0 spiro atoms. The molecule has 0 unspecified atom stereocenters. The first-order valence-electron chi connectivity index (χ1n) is 18.1. The lowest BCUT2D eigenvalue weighted by atomic mass is 9.67. The van der Waals surface area contributed by atoms with Crippen LogP contribution in [-0.2, 0) is 9.98 Å². The molecule has 0 saturated heterocycles. The smallest absolute Gasteiger partial charge is 0.171 e. The average molecular weight is 696 g/mol. The topological polar surface area (TPSA) is 30.0 Å². The first-order valence-corrected chi connectivity index (χ1v) is 19.8. The van der Waals surface area contributed by atoms with Crippen LogP contribution in [0, 0.1) is 0 Å². The Balaban J connectivity index is 1.23. The van der Waals surface area contributed by atoms with Crippen molar-refractivity contribution in [1.29, 1.82) is 0 Å². The van der Waals surface area contributed by atoms with Gasteiger partial charge in [0.25, 0.3) is 0 Å². The summed E-state index contributed by atoms with van der Waals surface area (Å²) in [5.74, 6) is 0. The monoisotopic (exact) mass is 695 g/mol. The zero-order valence-electron chi connectivity index (χ0n) is 28.9. The van der Waals surface area contributed by atoms with Crippen LogP contribution in [-0.4, -0.2) is 4.98 Å². The van der Waals surface area contributed by atoms with Gasteiger partial charge in [0.15, 0.2) is 7.14 Å². The average Bonchev–Trinajstić information content (AvgIpc) is 3.54. The summed E-state index contributed by atoms with van der Waals surface area (Å²) in [6.07, 6.45) is 0. The number of hydrogen-bond donors (Lipinski definition) is 0. The Labute approximate surface area is 309 Å². The van der Waals surface area contributed by atoms with E-state index in [2.05, 4.69) is 133 Å². The van der Waals surface area contributed by atoms with Gasteiger partial charge in [-0.15, -0.1) is 0 Å². The maximum Gasteiger partial charge on any atom is 0.171 e. The molecule has 0 N–H and O–H groups in total. The van der Waals surface area contributed by atoms with Crippen molar-refractivity contribution in [2.24, 2.45) is 0 Å². The first-order chi connectivity index (χ1) is 26.2. The van der Waals surface area contributed by atoms with Crippen LogP contribution in [0.4, 0.5) is 0 Å². The van der Waals surface area contributed by atoms with Crippen molar-refractivity contribution in [2.45, 2.75) is 5.41 Å². The van der Waals surface area contributed by atoms with E-state index >= 15 is 4.57 Å². The largest absolute Gasteiger partial charge is 0.309 e. The van der Waals surface area contributed by atoms with Crippen LogP contribution in [0.5, 0.6) is 0 Å². The van der Waals surface area contributed by atoms with E-state index in [-0.39, 0.29) is 0 Å². The van der Waals surface area contributed by atoms with Crippen molar-refractivity contribution in [3.63, 3.8) is 0 Å². The van der Waals surface area contributed by atoms with Crippen molar-refractivity contribution in [3.05, 3.63) is 229 Å². The molecule has 1 aromatic heterocycles. The standard InChI is InChI=1S/C50H34NOP/c52-53(38-21-9-3-10-22-38,39-23-11-4-12-24-39)40-31-29-35(30-32-40)49-45-33-44-41-25-13-15-27-46(41)50(36-17-5-1-6-18-36,37-19-7-2-8-20-37)47(44)34-43(45)42-26-14-16-28-48(42)51-49/h1-34H. The van der Waals surface area contributed by atoms with Crippen LogP contribution < -0.4 is 15.9 Å². The number of nitrogens with zero attached hydrogens (tertiary/aromatic N) is 1. The van der Waals surface area contributed by atoms with E-state index in [1.165, 1.54) is 33.4 Å². The van der Waals surface area contributed by atoms with Crippen LogP contribution in [0.1, 0.15) is 22.3 Å². The number of para-hydroxylation sites is 1. The van der Waals surface area contributed by atoms with E-state index in [0.29, 0.717) is 0 Å². The molecule has 0 atom stereocenters. The normalized spacial score (nSPS) is 13.1. The molecule has 0 fully saturated rings. The molecular formula is C50H34NOP. The summed E-state index contributed by atoms with van der Waals surface area (Å²) in [6, 6.07) is 72.0. The lowest BCUT2D eigenvalue weighted by Crippen LogP contribution is -2.28. The molecule has 2 nitrogen and oxygen atoms in total. The maximum absolute atomic E-state index is 15.2. The van der Waals surface area contributed by atoms with Gasteiger partial charge in [0, 0.05) is 32.2 Å². The van der Waals surface area contributed by atoms with E-state index in [9.17, 15) is 0 Å². The minimum Gasteiger partial charge on any atom is -0.309 e. The summed E-state index contributed by atoms with van der Waals surface area (Å²) in [7, 11) is -3.12. The van der Waals surface area contributed by atoms with Gasteiger partial charge in [-0.3, -0.25) is 0 Å². The molecule has 3 heteroatoms. The van der Waals surface area contributed by atoms with Crippen LogP contribution in [0.3, 0.4) is 0 Å². The summed E-state index contributed by atoms with van der Waals surface area (Å²) in [6.45, 7) is 0. The molecule has 1 heterocycles. The maximum atomic E-state index is 15.2. The van der Waals surface area contributed by atoms with Gasteiger partial charge in [-0.2, -0.15) is 0 Å². The quantitative estimate of drug-likeness (QED) is 0.128. The Morgan fingerprint density at radius 2 is 0.906 bits per heavy atom. The van der Waals surface area contributed by atoms with Gasteiger partial charge in [0.2, 0.25) is 0 Å². The molecule has 1 aliphatic rings.